The summed E-state index contributed by atoms with van der Waals surface area (Å²) in [5, 5.41) is 2.05. The van der Waals surface area contributed by atoms with Gasteiger partial charge in [-0.25, -0.2) is 4.39 Å². The third kappa shape index (κ3) is 10.0. The van der Waals surface area contributed by atoms with Crippen molar-refractivity contribution in [1.29, 1.82) is 0 Å². The summed E-state index contributed by atoms with van der Waals surface area (Å²) in [7, 11) is 1.61. The number of carbonyl (C=O) groups is 2. The van der Waals surface area contributed by atoms with E-state index in [0.29, 0.717) is 26.1 Å². The molecule has 0 aliphatic carbocycles. The number of rotatable bonds is 18. The number of carbonyl (C=O) groups excluding carboxylic acids is 2. The summed E-state index contributed by atoms with van der Waals surface area (Å²) in [5.74, 6) is -0.357. The molecule has 2 heterocycles. The Bertz CT molecular complexity index is 994. The van der Waals surface area contributed by atoms with Crippen molar-refractivity contribution in [2.75, 3.05) is 33.4 Å². The number of thiophene rings is 1. The average molecular weight is 559 g/mol. The molecule has 1 aliphatic rings. The number of amides is 2. The topological polar surface area (TPSA) is 49.9 Å². The van der Waals surface area contributed by atoms with Crippen LogP contribution in [0, 0.1) is 5.82 Å². The Morgan fingerprint density at radius 3 is 2.26 bits per heavy atom. The lowest BCUT2D eigenvalue weighted by Gasteiger charge is -2.37. The summed E-state index contributed by atoms with van der Waals surface area (Å²) in [6, 6.07) is 8.20. The van der Waals surface area contributed by atoms with Gasteiger partial charge in [0.15, 0.2) is 0 Å². The highest BCUT2D eigenvalue weighted by Crippen LogP contribution is 2.38. The minimum Gasteiger partial charge on any atom is -0.383 e. The summed E-state index contributed by atoms with van der Waals surface area (Å²) in [5.41, 5.74) is 1.99. The zero-order valence-corrected chi connectivity index (χ0v) is 24.8. The van der Waals surface area contributed by atoms with Gasteiger partial charge in [0.05, 0.1) is 19.2 Å². The van der Waals surface area contributed by atoms with Crippen molar-refractivity contribution in [2.45, 2.75) is 96.4 Å². The molecular weight excluding hydrogens is 511 g/mol. The van der Waals surface area contributed by atoms with Crippen LogP contribution >= 0.6 is 11.3 Å². The number of halogens is 1. The van der Waals surface area contributed by atoms with Crippen LogP contribution in [0.5, 0.6) is 0 Å². The molecule has 1 unspecified atom stereocenters. The van der Waals surface area contributed by atoms with Crippen molar-refractivity contribution in [1.82, 2.24) is 9.80 Å². The van der Waals surface area contributed by atoms with Gasteiger partial charge in [-0.2, -0.15) is 0 Å². The number of nitrogens with zero attached hydrogens (tertiary/aromatic N) is 2. The van der Waals surface area contributed by atoms with Gasteiger partial charge in [-0.3, -0.25) is 9.59 Å². The Balaban J connectivity index is 1.50. The van der Waals surface area contributed by atoms with Crippen LogP contribution in [0.25, 0.3) is 0 Å². The van der Waals surface area contributed by atoms with E-state index in [4.69, 9.17) is 4.74 Å². The maximum absolute atomic E-state index is 13.6. The number of hydrogen-bond acceptors (Lipinski definition) is 4. The highest BCUT2D eigenvalue weighted by Gasteiger charge is 2.34. The molecule has 1 atom stereocenters. The maximum atomic E-state index is 13.6. The first-order valence-corrected chi connectivity index (χ1v) is 15.8. The SMILES string of the molecule is CCCCCCCCCCCCCC(=O)N(CCOC)CC(=O)N1CCc2sccc2C1c1ccc(F)cc1. The average Bonchev–Trinajstić information content (AvgIpc) is 3.43. The molecule has 2 aromatic rings. The molecule has 1 aliphatic heterocycles. The van der Waals surface area contributed by atoms with Gasteiger partial charge in [0, 0.05) is 31.5 Å². The molecule has 0 saturated heterocycles. The molecule has 5 nitrogen and oxygen atoms in total. The van der Waals surface area contributed by atoms with E-state index in [1.54, 1.807) is 35.5 Å². The van der Waals surface area contributed by atoms with Crippen LogP contribution in [-0.4, -0.2) is 55.0 Å². The van der Waals surface area contributed by atoms with Crippen molar-refractivity contribution in [3.05, 3.63) is 57.5 Å². The molecule has 2 amide bonds. The van der Waals surface area contributed by atoms with E-state index in [2.05, 4.69) is 18.4 Å². The first kappa shape index (κ1) is 31.3. The van der Waals surface area contributed by atoms with Crippen molar-refractivity contribution in [3.8, 4) is 0 Å². The van der Waals surface area contributed by atoms with E-state index in [-0.39, 0.29) is 30.2 Å². The predicted octanol–water partition coefficient (Wildman–Crippen LogP) is 7.54. The van der Waals surface area contributed by atoms with Crippen LogP contribution in [0.2, 0.25) is 0 Å². The van der Waals surface area contributed by atoms with Gasteiger partial charge in [0.1, 0.15) is 5.82 Å². The Kier molecular flexibility index (Phi) is 14.0. The van der Waals surface area contributed by atoms with Crippen LogP contribution in [0.3, 0.4) is 0 Å². The minimum absolute atomic E-state index is 0.0166. The fraction of sp³-hybridized carbons (Fsp3) is 0.625. The summed E-state index contributed by atoms with van der Waals surface area (Å²) >= 11 is 1.70. The first-order chi connectivity index (χ1) is 19.0. The molecule has 216 valence electrons. The van der Waals surface area contributed by atoms with Crippen LogP contribution in [-0.2, 0) is 20.7 Å². The lowest BCUT2D eigenvalue weighted by atomic mass is 9.93. The summed E-state index contributed by atoms with van der Waals surface area (Å²) in [6.45, 7) is 3.67. The molecule has 0 fully saturated rings. The molecule has 0 N–H and O–H groups in total. The summed E-state index contributed by atoms with van der Waals surface area (Å²) in [6.07, 6.45) is 14.9. The highest BCUT2D eigenvalue weighted by molar-refractivity contribution is 7.10. The monoisotopic (exact) mass is 558 g/mol. The fourth-order valence-electron chi connectivity index (χ4n) is 5.44. The lowest BCUT2D eigenvalue weighted by molar-refractivity contribution is -0.142. The van der Waals surface area contributed by atoms with Gasteiger partial charge in [-0.05, 0) is 47.5 Å². The largest absolute Gasteiger partial charge is 0.383 e. The number of methoxy groups -OCH3 is 1. The molecule has 0 bridgehead atoms. The number of unbranched alkanes of at least 4 members (excludes halogenated alkanes) is 10. The molecule has 1 aromatic heterocycles. The Hall–Kier alpha value is -2.25. The summed E-state index contributed by atoms with van der Waals surface area (Å²) in [4.78, 5) is 31.6. The van der Waals surface area contributed by atoms with Gasteiger partial charge in [0.2, 0.25) is 11.8 Å². The van der Waals surface area contributed by atoms with Gasteiger partial charge in [0.25, 0.3) is 0 Å². The van der Waals surface area contributed by atoms with Crippen LogP contribution in [0.4, 0.5) is 4.39 Å². The second-order valence-corrected chi connectivity index (χ2v) is 11.7. The van der Waals surface area contributed by atoms with Crippen molar-refractivity contribution in [3.63, 3.8) is 0 Å². The maximum Gasteiger partial charge on any atom is 0.242 e. The van der Waals surface area contributed by atoms with Crippen molar-refractivity contribution < 1.29 is 18.7 Å². The van der Waals surface area contributed by atoms with E-state index in [0.717, 1.165) is 36.8 Å². The van der Waals surface area contributed by atoms with Crippen LogP contribution < -0.4 is 0 Å². The molecule has 0 spiro atoms. The standard InChI is InChI=1S/C32H47FN2O3S/c1-3-4-5-6-7-8-9-10-11-12-13-14-30(36)34(22-23-38-2)25-31(37)35-21-19-29-28(20-24-39-29)32(35)26-15-17-27(33)18-16-26/h15-18,20,24,32H,3-14,19,21-23,25H2,1-2H3. The zero-order valence-electron chi connectivity index (χ0n) is 24.0. The highest BCUT2D eigenvalue weighted by atomic mass is 32.1. The van der Waals surface area contributed by atoms with E-state index < -0.39 is 0 Å². The third-order valence-corrected chi connectivity index (χ3v) is 8.71. The van der Waals surface area contributed by atoms with Crippen molar-refractivity contribution in [2.24, 2.45) is 0 Å². The lowest BCUT2D eigenvalue weighted by Crippen LogP contribution is -2.47. The predicted molar refractivity (Wildman–Crippen MR) is 158 cm³/mol. The molecule has 7 heteroatoms. The Labute approximate surface area is 238 Å². The molecule has 1 aromatic carbocycles. The second-order valence-electron chi connectivity index (χ2n) is 10.7. The number of benzene rings is 1. The van der Waals surface area contributed by atoms with Crippen molar-refractivity contribution >= 4 is 23.2 Å². The molecular formula is C32H47FN2O3S. The van der Waals surface area contributed by atoms with Gasteiger partial charge >= 0.3 is 0 Å². The van der Waals surface area contributed by atoms with Crippen LogP contribution in [0.15, 0.2) is 35.7 Å². The summed E-state index contributed by atoms with van der Waals surface area (Å²) < 4.78 is 18.9. The number of ether oxygens (including phenoxy) is 1. The molecule has 0 radical (unpaired) electrons. The zero-order chi connectivity index (χ0) is 27.9. The first-order valence-electron chi connectivity index (χ1n) is 14.9. The number of fused-ring (bicyclic) bond motifs is 1. The Morgan fingerprint density at radius 1 is 0.974 bits per heavy atom. The van der Waals surface area contributed by atoms with Gasteiger partial charge in [-0.15, -0.1) is 11.3 Å². The molecule has 39 heavy (non-hydrogen) atoms. The van der Waals surface area contributed by atoms with E-state index in [1.165, 1.54) is 68.4 Å². The number of hydrogen-bond donors (Lipinski definition) is 0. The third-order valence-electron chi connectivity index (χ3n) is 7.71. The normalized spacial score (nSPS) is 14.8. The van der Waals surface area contributed by atoms with Gasteiger partial charge in [-0.1, -0.05) is 83.3 Å². The minimum atomic E-state index is -0.295. The molecule has 3 rings (SSSR count). The quantitative estimate of drug-likeness (QED) is 0.178. The second kappa shape index (κ2) is 17.4. The smallest absolute Gasteiger partial charge is 0.242 e. The Morgan fingerprint density at radius 2 is 1.62 bits per heavy atom. The van der Waals surface area contributed by atoms with E-state index in [1.807, 2.05) is 4.90 Å². The van der Waals surface area contributed by atoms with Crippen LogP contribution in [0.1, 0.15) is 106 Å². The molecule has 0 saturated carbocycles. The fourth-order valence-corrected chi connectivity index (χ4v) is 6.34. The van der Waals surface area contributed by atoms with E-state index in [9.17, 15) is 14.0 Å². The van der Waals surface area contributed by atoms with E-state index >= 15 is 0 Å². The van der Waals surface area contributed by atoms with Gasteiger partial charge < -0.3 is 14.5 Å².